The first-order chi connectivity index (χ1) is 10.1. The van der Waals surface area contributed by atoms with Gasteiger partial charge in [-0.25, -0.2) is 13.1 Å². The summed E-state index contributed by atoms with van der Waals surface area (Å²) >= 11 is 0. The summed E-state index contributed by atoms with van der Waals surface area (Å²) in [5, 5.41) is 10.6. The molecule has 0 radical (unpaired) electrons. The monoisotopic (exact) mass is 328 g/mol. The predicted octanol–water partition coefficient (Wildman–Crippen LogP) is 0.481. The molecule has 0 unspecified atom stereocenters. The number of carbonyl (C=O) groups excluding carboxylic acids is 1. The second kappa shape index (κ2) is 7.37. The molecule has 0 bridgehead atoms. The van der Waals surface area contributed by atoms with E-state index in [1.807, 2.05) is 6.92 Å². The SMILES string of the molecule is Cc1cc(C)c(S(=O)(=O)NCCC(=O)NCC(=O)O)c(C)c1. The molecule has 1 aromatic carbocycles. The van der Waals surface area contributed by atoms with Gasteiger partial charge in [0.1, 0.15) is 6.54 Å². The van der Waals surface area contributed by atoms with Crippen molar-refractivity contribution in [1.82, 2.24) is 10.0 Å². The number of nitrogens with one attached hydrogen (secondary N) is 2. The first-order valence-electron chi connectivity index (χ1n) is 6.69. The van der Waals surface area contributed by atoms with Crippen LogP contribution in [0.5, 0.6) is 0 Å². The number of carboxylic acid groups (broad SMARTS) is 1. The van der Waals surface area contributed by atoms with Gasteiger partial charge >= 0.3 is 5.97 Å². The van der Waals surface area contributed by atoms with Crippen molar-refractivity contribution in [2.75, 3.05) is 13.1 Å². The quantitative estimate of drug-likeness (QED) is 0.674. The Kier molecular flexibility index (Phi) is 6.07. The molecule has 1 rings (SSSR count). The summed E-state index contributed by atoms with van der Waals surface area (Å²) < 4.78 is 27.0. The molecule has 0 atom stereocenters. The van der Waals surface area contributed by atoms with Gasteiger partial charge in [-0.2, -0.15) is 0 Å². The molecule has 0 fully saturated rings. The Morgan fingerprint density at radius 2 is 1.68 bits per heavy atom. The number of carboxylic acids is 1. The second-order valence-electron chi connectivity index (χ2n) is 5.05. The minimum absolute atomic E-state index is 0.0967. The summed E-state index contributed by atoms with van der Waals surface area (Å²) in [6.07, 6.45) is -0.129. The van der Waals surface area contributed by atoms with Crippen LogP contribution in [0.3, 0.4) is 0 Å². The Morgan fingerprint density at radius 3 is 2.18 bits per heavy atom. The first-order valence-corrected chi connectivity index (χ1v) is 8.18. The highest BCUT2D eigenvalue weighted by atomic mass is 32.2. The lowest BCUT2D eigenvalue weighted by Gasteiger charge is -2.13. The molecular weight excluding hydrogens is 308 g/mol. The van der Waals surface area contributed by atoms with Crippen molar-refractivity contribution in [1.29, 1.82) is 0 Å². The van der Waals surface area contributed by atoms with E-state index in [9.17, 15) is 18.0 Å². The van der Waals surface area contributed by atoms with Crippen LogP contribution in [0.25, 0.3) is 0 Å². The summed E-state index contributed by atoms with van der Waals surface area (Å²) in [5.74, 6) is -1.68. The fourth-order valence-electron chi connectivity index (χ4n) is 2.22. The van der Waals surface area contributed by atoms with Crippen molar-refractivity contribution in [3.8, 4) is 0 Å². The van der Waals surface area contributed by atoms with Gasteiger partial charge < -0.3 is 10.4 Å². The largest absolute Gasteiger partial charge is 0.480 e. The molecule has 7 nitrogen and oxygen atoms in total. The van der Waals surface area contributed by atoms with E-state index in [-0.39, 0.29) is 17.9 Å². The third-order valence-electron chi connectivity index (χ3n) is 2.95. The lowest BCUT2D eigenvalue weighted by atomic mass is 10.1. The normalized spacial score (nSPS) is 11.2. The molecule has 22 heavy (non-hydrogen) atoms. The highest BCUT2D eigenvalue weighted by Crippen LogP contribution is 2.21. The molecule has 0 saturated heterocycles. The molecule has 122 valence electrons. The van der Waals surface area contributed by atoms with E-state index in [1.165, 1.54) is 0 Å². The van der Waals surface area contributed by atoms with E-state index in [2.05, 4.69) is 10.0 Å². The summed E-state index contributed by atoms with van der Waals surface area (Å²) in [6.45, 7) is 4.74. The van der Waals surface area contributed by atoms with E-state index >= 15 is 0 Å². The van der Waals surface area contributed by atoms with Crippen molar-refractivity contribution in [2.24, 2.45) is 0 Å². The van der Waals surface area contributed by atoms with Crippen LogP contribution in [0.4, 0.5) is 0 Å². The third kappa shape index (κ3) is 5.12. The molecule has 0 saturated carbocycles. The molecule has 0 heterocycles. The summed E-state index contributed by atoms with van der Waals surface area (Å²) in [4.78, 5) is 21.8. The standard InChI is InChI=1S/C14H20N2O5S/c1-9-6-10(2)14(11(3)7-9)22(20,21)16-5-4-12(17)15-8-13(18)19/h6-7,16H,4-5,8H2,1-3H3,(H,15,17)(H,18,19). The summed E-state index contributed by atoms with van der Waals surface area (Å²) in [5.41, 5.74) is 2.25. The molecule has 1 amide bonds. The van der Waals surface area contributed by atoms with Gasteiger partial charge in [0.05, 0.1) is 4.90 Å². The number of hydrogen-bond donors (Lipinski definition) is 3. The van der Waals surface area contributed by atoms with E-state index in [4.69, 9.17) is 5.11 Å². The summed E-state index contributed by atoms with van der Waals surface area (Å²) in [6, 6.07) is 3.56. The summed E-state index contributed by atoms with van der Waals surface area (Å²) in [7, 11) is -3.71. The molecule has 8 heteroatoms. The average Bonchev–Trinajstić information content (AvgIpc) is 2.34. The number of aliphatic carboxylic acids is 1. The van der Waals surface area contributed by atoms with Gasteiger partial charge in [-0.05, 0) is 31.9 Å². The predicted molar refractivity (Wildman–Crippen MR) is 81.1 cm³/mol. The Balaban J connectivity index is 2.70. The lowest BCUT2D eigenvalue weighted by molar-refractivity contribution is -0.137. The minimum Gasteiger partial charge on any atom is -0.480 e. The fraction of sp³-hybridized carbons (Fsp3) is 0.429. The average molecular weight is 328 g/mol. The van der Waals surface area contributed by atoms with Gasteiger partial charge in [-0.15, -0.1) is 0 Å². The maximum Gasteiger partial charge on any atom is 0.322 e. The maximum atomic E-state index is 12.3. The number of rotatable bonds is 7. The van der Waals surface area contributed by atoms with Crippen LogP contribution in [-0.2, 0) is 19.6 Å². The molecule has 0 aromatic heterocycles. The third-order valence-corrected chi connectivity index (χ3v) is 4.72. The number of aryl methyl sites for hydroxylation is 3. The van der Waals surface area contributed by atoms with Crippen LogP contribution < -0.4 is 10.0 Å². The molecule has 0 aliphatic rings. The molecular formula is C14H20N2O5S. The number of hydrogen-bond acceptors (Lipinski definition) is 4. The number of benzene rings is 1. The smallest absolute Gasteiger partial charge is 0.322 e. The van der Waals surface area contributed by atoms with Crippen LogP contribution in [0.15, 0.2) is 17.0 Å². The maximum absolute atomic E-state index is 12.3. The molecule has 1 aromatic rings. The van der Waals surface area contributed by atoms with Gasteiger partial charge in [-0.1, -0.05) is 17.7 Å². The zero-order valence-electron chi connectivity index (χ0n) is 12.8. The van der Waals surface area contributed by atoms with Crippen molar-refractivity contribution < 1.29 is 23.1 Å². The zero-order chi connectivity index (χ0) is 16.9. The van der Waals surface area contributed by atoms with E-state index < -0.39 is 28.4 Å². The molecule has 0 aliphatic carbocycles. The van der Waals surface area contributed by atoms with Gasteiger partial charge in [-0.3, -0.25) is 9.59 Å². The van der Waals surface area contributed by atoms with E-state index in [1.54, 1.807) is 26.0 Å². The van der Waals surface area contributed by atoms with Crippen LogP contribution in [0, 0.1) is 20.8 Å². The van der Waals surface area contributed by atoms with Crippen LogP contribution >= 0.6 is 0 Å². The number of amides is 1. The van der Waals surface area contributed by atoms with Gasteiger partial charge in [0.2, 0.25) is 15.9 Å². The Hall–Kier alpha value is -1.93. The van der Waals surface area contributed by atoms with Gasteiger partial charge in [0, 0.05) is 13.0 Å². The van der Waals surface area contributed by atoms with Crippen LogP contribution in [0.1, 0.15) is 23.1 Å². The van der Waals surface area contributed by atoms with Crippen molar-refractivity contribution in [3.05, 3.63) is 28.8 Å². The number of carbonyl (C=O) groups is 2. The van der Waals surface area contributed by atoms with Crippen LogP contribution in [0.2, 0.25) is 0 Å². The van der Waals surface area contributed by atoms with Crippen LogP contribution in [-0.4, -0.2) is 38.5 Å². The van der Waals surface area contributed by atoms with Crippen molar-refractivity contribution in [2.45, 2.75) is 32.1 Å². The van der Waals surface area contributed by atoms with Gasteiger partial charge in [0.25, 0.3) is 0 Å². The van der Waals surface area contributed by atoms with E-state index in [0.717, 1.165) is 5.56 Å². The Labute approximate surface area is 129 Å². The molecule has 0 aliphatic heterocycles. The van der Waals surface area contributed by atoms with Crippen molar-refractivity contribution >= 4 is 21.9 Å². The highest BCUT2D eigenvalue weighted by molar-refractivity contribution is 7.89. The Bertz CT molecular complexity index is 659. The lowest BCUT2D eigenvalue weighted by Crippen LogP contribution is -2.33. The molecule has 3 N–H and O–H groups in total. The van der Waals surface area contributed by atoms with E-state index in [0.29, 0.717) is 11.1 Å². The second-order valence-corrected chi connectivity index (χ2v) is 6.75. The topological polar surface area (TPSA) is 113 Å². The highest BCUT2D eigenvalue weighted by Gasteiger charge is 2.19. The Morgan fingerprint density at radius 1 is 1.14 bits per heavy atom. The fourth-order valence-corrected chi connectivity index (χ4v) is 3.71. The molecule has 0 spiro atoms. The number of sulfonamides is 1. The zero-order valence-corrected chi connectivity index (χ0v) is 13.6. The van der Waals surface area contributed by atoms with Gasteiger partial charge in [0.15, 0.2) is 0 Å². The van der Waals surface area contributed by atoms with Crippen molar-refractivity contribution in [3.63, 3.8) is 0 Å². The first kappa shape index (κ1) is 18.1. The minimum atomic E-state index is -3.71.